The highest BCUT2D eigenvalue weighted by atomic mass is 79.9. The summed E-state index contributed by atoms with van der Waals surface area (Å²) in [4.78, 5) is 12.2. The molecule has 1 aromatic heterocycles. The molecule has 0 radical (unpaired) electrons. The lowest BCUT2D eigenvalue weighted by Crippen LogP contribution is -2.11. The van der Waals surface area contributed by atoms with Gasteiger partial charge in [-0.2, -0.15) is 5.10 Å². The van der Waals surface area contributed by atoms with Crippen molar-refractivity contribution in [1.29, 1.82) is 0 Å². The fourth-order valence-electron chi connectivity index (χ4n) is 2.09. The van der Waals surface area contributed by atoms with Crippen molar-refractivity contribution in [2.75, 3.05) is 5.73 Å². The first kappa shape index (κ1) is 15.6. The SMILES string of the molecule is CCn1nc(C)c(Br)c1COC(=O)c1cccc(N)c1C. The molecule has 2 N–H and O–H groups in total. The van der Waals surface area contributed by atoms with E-state index in [4.69, 9.17) is 10.5 Å². The van der Waals surface area contributed by atoms with Crippen molar-refractivity contribution in [3.8, 4) is 0 Å². The van der Waals surface area contributed by atoms with Crippen LogP contribution in [0.25, 0.3) is 0 Å². The van der Waals surface area contributed by atoms with E-state index in [0.717, 1.165) is 28.0 Å². The van der Waals surface area contributed by atoms with Gasteiger partial charge in [-0.15, -0.1) is 0 Å². The van der Waals surface area contributed by atoms with Gasteiger partial charge in [0.1, 0.15) is 6.61 Å². The van der Waals surface area contributed by atoms with E-state index in [1.54, 1.807) is 18.2 Å². The Morgan fingerprint density at radius 3 is 2.81 bits per heavy atom. The van der Waals surface area contributed by atoms with Crippen molar-refractivity contribution >= 4 is 27.6 Å². The van der Waals surface area contributed by atoms with Crippen LogP contribution in [0.5, 0.6) is 0 Å². The van der Waals surface area contributed by atoms with Gasteiger partial charge >= 0.3 is 5.97 Å². The number of aromatic nitrogens is 2. The molecule has 0 bridgehead atoms. The van der Waals surface area contributed by atoms with Crippen molar-refractivity contribution in [2.24, 2.45) is 0 Å². The molecule has 0 saturated carbocycles. The van der Waals surface area contributed by atoms with E-state index in [-0.39, 0.29) is 12.6 Å². The number of hydrogen-bond donors (Lipinski definition) is 1. The third-order valence-corrected chi connectivity index (χ3v) is 4.42. The maximum Gasteiger partial charge on any atom is 0.338 e. The minimum atomic E-state index is -0.381. The lowest BCUT2D eigenvalue weighted by Gasteiger charge is -2.10. The second kappa shape index (κ2) is 6.30. The molecule has 2 rings (SSSR count). The maximum atomic E-state index is 12.2. The Labute approximate surface area is 132 Å². The number of anilines is 1. The lowest BCUT2D eigenvalue weighted by molar-refractivity contribution is 0.0460. The zero-order valence-electron chi connectivity index (χ0n) is 12.3. The van der Waals surface area contributed by atoms with Crippen LogP contribution in [0, 0.1) is 13.8 Å². The van der Waals surface area contributed by atoms with Crippen LogP contribution in [-0.4, -0.2) is 15.7 Å². The number of nitrogens with zero attached hydrogens (tertiary/aromatic N) is 2. The van der Waals surface area contributed by atoms with Gasteiger partial charge in [-0.3, -0.25) is 4.68 Å². The number of esters is 1. The highest BCUT2D eigenvalue weighted by Crippen LogP contribution is 2.23. The Morgan fingerprint density at radius 1 is 1.43 bits per heavy atom. The van der Waals surface area contributed by atoms with Crippen molar-refractivity contribution < 1.29 is 9.53 Å². The van der Waals surface area contributed by atoms with Gasteiger partial charge < -0.3 is 10.5 Å². The Bertz CT molecular complexity index is 680. The van der Waals surface area contributed by atoms with Crippen LogP contribution in [-0.2, 0) is 17.9 Å². The molecule has 5 nitrogen and oxygen atoms in total. The number of nitrogens with two attached hydrogens (primary N) is 1. The van der Waals surface area contributed by atoms with Crippen molar-refractivity contribution in [2.45, 2.75) is 33.9 Å². The summed E-state index contributed by atoms with van der Waals surface area (Å²) in [5, 5.41) is 4.37. The van der Waals surface area contributed by atoms with Crippen LogP contribution in [0.2, 0.25) is 0 Å². The molecule has 0 aliphatic rings. The van der Waals surface area contributed by atoms with Gasteiger partial charge in [-0.25, -0.2) is 4.79 Å². The molecule has 1 aromatic carbocycles. The van der Waals surface area contributed by atoms with Crippen molar-refractivity contribution in [3.63, 3.8) is 0 Å². The van der Waals surface area contributed by atoms with Gasteiger partial charge in [0, 0.05) is 12.2 Å². The molecule has 1 heterocycles. The van der Waals surface area contributed by atoms with E-state index in [2.05, 4.69) is 21.0 Å². The second-order valence-electron chi connectivity index (χ2n) is 4.76. The standard InChI is InChI=1S/C15H18BrN3O2/c1-4-19-13(14(16)10(3)18-19)8-21-15(20)11-6-5-7-12(17)9(11)2/h5-7H,4,8,17H2,1-3H3. The van der Waals surface area contributed by atoms with Crippen molar-refractivity contribution in [1.82, 2.24) is 9.78 Å². The van der Waals surface area contributed by atoms with E-state index < -0.39 is 0 Å². The van der Waals surface area contributed by atoms with Crippen LogP contribution < -0.4 is 5.73 Å². The quantitative estimate of drug-likeness (QED) is 0.678. The monoisotopic (exact) mass is 351 g/mol. The molecule has 0 aliphatic heterocycles. The molecular formula is C15H18BrN3O2. The Balaban J connectivity index is 2.17. The minimum absolute atomic E-state index is 0.169. The number of benzene rings is 1. The number of aryl methyl sites for hydroxylation is 2. The van der Waals surface area contributed by atoms with Gasteiger partial charge in [-0.1, -0.05) is 6.07 Å². The third-order valence-electron chi connectivity index (χ3n) is 3.39. The largest absolute Gasteiger partial charge is 0.456 e. The van der Waals surface area contributed by atoms with Gasteiger partial charge in [0.15, 0.2) is 0 Å². The first-order chi connectivity index (χ1) is 9.95. The zero-order valence-corrected chi connectivity index (χ0v) is 13.9. The molecule has 112 valence electrons. The predicted molar refractivity (Wildman–Crippen MR) is 85.0 cm³/mol. The van der Waals surface area contributed by atoms with Crippen LogP contribution >= 0.6 is 15.9 Å². The lowest BCUT2D eigenvalue weighted by atomic mass is 10.1. The number of nitrogen functional groups attached to an aromatic ring is 1. The number of hydrogen-bond acceptors (Lipinski definition) is 4. The van der Waals surface area contributed by atoms with Crippen LogP contribution in [0.15, 0.2) is 22.7 Å². The average molecular weight is 352 g/mol. The van der Waals surface area contributed by atoms with E-state index in [9.17, 15) is 4.79 Å². The molecule has 0 spiro atoms. The van der Waals surface area contributed by atoms with E-state index in [1.165, 1.54) is 0 Å². The van der Waals surface area contributed by atoms with Gasteiger partial charge in [0.25, 0.3) is 0 Å². The highest BCUT2D eigenvalue weighted by Gasteiger charge is 2.16. The molecule has 0 atom stereocenters. The molecular weight excluding hydrogens is 334 g/mol. The molecule has 21 heavy (non-hydrogen) atoms. The Kier molecular flexibility index (Phi) is 4.67. The summed E-state index contributed by atoms with van der Waals surface area (Å²) in [6.07, 6.45) is 0. The molecule has 2 aromatic rings. The normalized spacial score (nSPS) is 10.7. The minimum Gasteiger partial charge on any atom is -0.456 e. The molecule has 0 saturated heterocycles. The first-order valence-electron chi connectivity index (χ1n) is 6.69. The molecule has 0 fully saturated rings. The molecule has 6 heteroatoms. The predicted octanol–water partition coefficient (Wildman–Crippen LogP) is 3.22. The van der Waals surface area contributed by atoms with Crippen LogP contribution in [0.3, 0.4) is 0 Å². The maximum absolute atomic E-state index is 12.2. The van der Waals surface area contributed by atoms with Crippen molar-refractivity contribution in [3.05, 3.63) is 45.2 Å². The number of rotatable bonds is 4. The fraction of sp³-hybridized carbons (Fsp3) is 0.333. The highest BCUT2D eigenvalue weighted by molar-refractivity contribution is 9.10. The third kappa shape index (κ3) is 3.10. The molecule has 0 amide bonds. The molecule has 0 unspecified atom stereocenters. The number of carbonyl (C=O) groups excluding carboxylic acids is 1. The zero-order chi connectivity index (χ0) is 15.6. The molecule has 0 aliphatic carbocycles. The number of carbonyl (C=O) groups is 1. The van der Waals surface area contributed by atoms with Gasteiger partial charge in [-0.05, 0) is 54.4 Å². The summed E-state index contributed by atoms with van der Waals surface area (Å²) in [5.41, 5.74) is 9.35. The van der Waals surface area contributed by atoms with Gasteiger partial charge in [0.05, 0.1) is 21.4 Å². The first-order valence-corrected chi connectivity index (χ1v) is 7.49. The van der Waals surface area contributed by atoms with Crippen LogP contribution in [0.1, 0.15) is 34.2 Å². The average Bonchev–Trinajstić information content (AvgIpc) is 2.74. The number of ether oxygens (including phenoxy) is 1. The summed E-state index contributed by atoms with van der Waals surface area (Å²) in [5.74, 6) is -0.381. The topological polar surface area (TPSA) is 70.1 Å². The summed E-state index contributed by atoms with van der Waals surface area (Å²) in [7, 11) is 0. The smallest absolute Gasteiger partial charge is 0.338 e. The summed E-state index contributed by atoms with van der Waals surface area (Å²) < 4.78 is 8.10. The van der Waals surface area contributed by atoms with E-state index >= 15 is 0 Å². The Hall–Kier alpha value is -1.82. The summed E-state index contributed by atoms with van der Waals surface area (Å²) in [6.45, 7) is 6.59. The van der Waals surface area contributed by atoms with Gasteiger partial charge in [0.2, 0.25) is 0 Å². The fourth-order valence-corrected chi connectivity index (χ4v) is 2.49. The van der Waals surface area contributed by atoms with E-state index in [0.29, 0.717) is 11.3 Å². The number of halogens is 1. The Morgan fingerprint density at radius 2 is 2.14 bits per heavy atom. The second-order valence-corrected chi connectivity index (χ2v) is 5.55. The van der Waals surface area contributed by atoms with Crippen LogP contribution in [0.4, 0.5) is 5.69 Å². The summed E-state index contributed by atoms with van der Waals surface area (Å²) >= 11 is 3.48. The summed E-state index contributed by atoms with van der Waals surface area (Å²) in [6, 6.07) is 5.22. The van der Waals surface area contributed by atoms with E-state index in [1.807, 2.05) is 25.5 Å².